The van der Waals surface area contributed by atoms with E-state index in [1.54, 1.807) is 22.9 Å². The molecule has 6 rings (SSSR count). The van der Waals surface area contributed by atoms with Gasteiger partial charge in [-0.2, -0.15) is 15.2 Å². The number of aromatic nitrogens is 2. The summed E-state index contributed by atoms with van der Waals surface area (Å²) in [7, 11) is 3.83. The van der Waals surface area contributed by atoms with Crippen LogP contribution in [0.1, 0.15) is 43.0 Å². The molecule has 3 aromatic rings. The van der Waals surface area contributed by atoms with E-state index in [9.17, 15) is 14.9 Å². The third-order valence-electron chi connectivity index (χ3n) is 10.1. The Balaban J connectivity index is 1.28. The molecule has 11 nitrogen and oxygen atoms in total. The van der Waals surface area contributed by atoms with Gasteiger partial charge in [0, 0.05) is 75.5 Å². The zero-order chi connectivity index (χ0) is 33.8. The number of piperazine rings is 1. The first-order valence-corrected chi connectivity index (χ1v) is 17.0. The summed E-state index contributed by atoms with van der Waals surface area (Å²) in [4.78, 5) is 45.1. The van der Waals surface area contributed by atoms with Crippen LogP contribution in [0.4, 0.5) is 11.5 Å². The number of hydrogen-bond acceptors (Lipinski definition) is 9. The zero-order valence-corrected chi connectivity index (χ0v) is 28.6. The highest BCUT2D eigenvalue weighted by Gasteiger charge is 2.34. The number of anilines is 2. The lowest BCUT2D eigenvalue weighted by Crippen LogP contribution is -2.55. The minimum Gasteiger partial charge on any atom is -0.462 e. The number of benzene rings is 2. The lowest BCUT2D eigenvalue weighted by Gasteiger charge is -2.42. The fourth-order valence-corrected chi connectivity index (χ4v) is 7.20. The molecule has 2 aromatic carbocycles. The molecular weight excluding hydrogens is 604 g/mol. The van der Waals surface area contributed by atoms with E-state index >= 15 is 0 Å². The van der Waals surface area contributed by atoms with Gasteiger partial charge in [0.05, 0.1) is 30.8 Å². The molecule has 2 saturated heterocycles. The predicted molar refractivity (Wildman–Crippen MR) is 187 cm³/mol. The second kappa shape index (κ2) is 14.6. The van der Waals surface area contributed by atoms with Gasteiger partial charge < -0.3 is 29.2 Å². The molecule has 0 unspecified atom stereocenters. The molecule has 252 valence electrons. The van der Waals surface area contributed by atoms with Crippen LogP contribution in [0.3, 0.4) is 0 Å². The highest BCUT2D eigenvalue weighted by molar-refractivity contribution is 5.97. The number of carbonyl (C=O) groups is 2. The minimum atomic E-state index is -0.299. The van der Waals surface area contributed by atoms with E-state index < -0.39 is 0 Å². The molecule has 3 aliphatic heterocycles. The monoisotopic (exact) mass is 650 g/mol. The molecular formula is C37H46N8O3. The third kappa shape index (κ3) is 7.09. The highest BCUT2D eigenvalue weighted by atomic mass is 16.5. The van der Waals surface area contributed by atoms with Gasteiger partial charge in [0.2, 0.25) is 11.8 Å². The van der Waals surface area contributed by atoms with Crippen LogP contribution in [0.2, 0.25) is 0 Å². The average Bonchev–Trinajstić information content (AvgIpc) is 3.50. The van der Waals surface area contributed by atoms with Crippen LogP contribution in [-0.4, -0.2) is 109 Å². The van der Waals surface area contributed by atoms with Crippen LogP contribution in [0.15, 0.2) is 48.6 Å². The van der Waals surface area contributed by atoms with E-state index in [2.05, 4.69) is 71.1 Å². The fraction of sp³-hybridized carbons (Fsp3) is 0.486. The first-order valence-electron chi connectivity index (χ1n) is 17.0. The van der Waals surface area contributed by atoms with Crippen molar-refractivity contribution >= 4 is 34.1 Å². The average molecular weight is 651 g/mol. The number of likely N-dealkylation sites (tertiary alicyclic amines) is 1. The second-order valence-corrected chi connectivity index (χ2v) is 13.3. The van der Waals surface area contributed by atoms with Gasteiger partial charge in [-0.3, -0.25) is 9.59 Å². The lowest BCUT2D eigenvalue weighted by molar-refractivity contribution is -0.129. The Labute approximate surface area is 283 Å². The van der Waals surface area contributed by atoms with Crippen molar-refractivity contribution in [1.29, 1.82) is 5.26 Å². The minimum absolute atomic E-state index is 0.0646. The molecule has 0 spiro atoms. The SMILES string of the molecule is CC(=O)N(C)C/C=C/C(=O)N1CCN(c2nc(OC[C@@H]3CCCN3C)nc3c2CCN(c2cccc4cccc(C)c24)C3)C[C@@H]1CC#N. The van der Waals surface area contributed by atoms with Crippen molar-refractivity contribution < 1.29 is 14.3 Å². The molecule has 0 radical (unpaired) electrons. The van der Waals surface area contributed by atoms with Crippen molar-refractivity contribution in [3.63, 3.8) is 0 Å². The van der Waals surface area contributed by atoms with Gasteiger partial charge in [0.25, 0.3) is 0 Å². The molecule has 11 heteroatoms. The Kier molecular flexibility index (Phi) is 10.1. The number of fused-ring (bicyclic) bond motifs is 2. The molecule has 2 amide bonds. The van der Waals surface area contributed by atoms with Crippen molar-refractivity contribution in [2.75, 3.05) is 69.8 Å². The molecule has 48 heavy (non-hydrogen) atoms. The summed E-state index contributed by atoms with van der Waals surface area (Å²) >= 11 is 0. The van der Waals surface area contributed by atoms with E-state index in [-0.39, 0.29) is 24.3 Å². The summed E-state index contributed by atoms with van der Waals surface area (Å²) in [6, 6.07) is 15.6. The van der Waals surface area contributed by atoms with Gasteiger partial charge in [-0.25, -0.2) is 0 Å². The number of aryl methyl sites for hydroxylation is 1. The molecule has 0 aliphatic carbocycles. The molecule has 2 fully saturated rings. The summed E-state index contributed by atoms with van der Waals surface area (Å²) in [5.41, 5.74) is 4.52. The van der Waals surface area contributed by atoms with Crippen molar-refractivity contribution in [3.8, 4) is 12.1 Å². The topological polar surface area (TPSA) is 109 Å². The predicted octanol–water partition coefficient (Wildman–Crippen LogP) is 3.94. The molecule has 0 saturated carbocycles. The van der Waals surface area contributed by atoms with Crippen molar-refractivity contribution in [2.45, 2.75) is 58.2 Å². The number of ether oxygens (including phenoxy) is 1. The van der Waals surface area contributed by atoms with Crippen LogP contribution in [0, 0.1) is 18.3 Å². The van der Waals surface area contributed by atoms with Crippen LogP contribution in [0.5, 0.6) is 6.01 Å². The lowest BCUT2D eigenvalue weighted by atomic mass is 9.99. The smallest absolute Gasteiger partial charge is 0.318 e. The molecule has 3 aliphatic rings. The Bertz CT molecular complexity index is 1730. The fourth-order valence-electron chi connectivity index (χ4n) is 7.20. The van der Waals surface area contributed by atoms with E-state index in [1.807, 2.05) is 0 Å². The number of nitriles is 1. The molecule has 0 N–H and O–H groups in total. The van der Waals surface area contributed by atoms with Gasteiger partial charge in [0.15, 0.2) is 0 Å². The maximum atomic E-state index is 13.2. The van der Waals surface area contributed by atoms with E-state index in [4.69, 9.17) is 14.7 Å². The quantitative estimate of drug-likeness (QED) is 0.318. The Morgan fingerprint density at radius 3 is 2.65 bits per heavy atom. The van der Waals surface area contributed by atoms with Gasteiger partial charge in [-0.15, -0.1) is 0 Å². The van der Waals surface area contributed by atoms with Crippen molar-refractivity contribution in [1.82, 2.24) is 24.7 Å². The number of nitrogens with zero attached hydrogens (tertiary/aromatic N) is 8. The molecule has 4 heterocycles. The molecule has 1 aromatic heterocycles. The highest BCUT2D eigenvalue weighted by Crippen LogP contribution is 2.36. The van der Waals surface area contributed by atoms with Crippen molar-refractivity contribution in [3.05, 3.63) is 65.4 Å². The summed E-state index contributed by atoms with van der Waals surface area (Å²) < 4.78 is 6.34. The Morgan fingerprint density at radius 1 is 1.08 bits per heavy atom. The summed E-state index contributed by atoms with van der Waals surface area (Å²) in [6.07, 6.45) is 6.45. The Hall–Kier alpha value is -4.69. The second-order valence-electron chi connectivity index (χ2n) is 13.3. The maximum Gasteiger partial charge on any atom is 0.318 e. The van der Waals surface area contributed by atoms with Crippen LogP contribution in [0.25, 0.3) is 10.8 Å². The van der Waals surface area contributed by atoms with Crippen molar-refractivity contribution in [2.24, 2.45) is 0 Å². The molecule has 2 atom stereocenters. The first kappa shape index (κ1) is 33.2. The standard InChI is InChI=1S/C37H46N8O3/c1-26-9-5-10-28-11-6-13-33(35(26)28)43-20-16-31-32(24-43)39-37(48-25-30-12-7-19-42(30)4)40-36(31)44-21-22-45(29(23-44)15-17-38)34(47)14-8-18-41(3)27(2)46/h5-6,8-11,13-14,29-30H,7,12,15-16,18-25H2,1-4H3/b14-8+/t29-,30-/m0/s1. The van der Waals surface area contributed by atoms with E-state index in [0.29, 0.717) is 51.4 Å². The first-order chi connectivity index (χ1) is 23.2. The number of rotatable bonds is 9. The third-order valence-corrected chi connectivity index (χ3v) is 10.1. The van der Waals surface area contributed by atoms with Gasteiger partial charge in [0.1, 0.15) is 12.4 Å². The summed E-state index contributed by atoms with van der Waals surface area (Å²) in [5, 5.41) is 12.2. The molecule has 0 bridgehead atoms. The Morgan fingerprint density at radius 2 is 1.90 bits per heavy atom. The van der Waals surface area contributed by atoms with E-state index in [1.165, 1.54) is 35.0 Å². The van der Waals surface area contributed by atoms with Crippen LogP contribution < -0.4 is 14.5 Å². The summed E-state index contributed by atoms with van der Waals surface area (Å²) in [6.45, 7) is 8.60. The largest absolute Gasteiger partial charge is 0.462 e. The summed E-state index contributed by atoms with van der Waals surface area (Å²) in [5.74, 6) is 0.629. The normalized spacial score (nSPS) is 19.9. The number of amides is 2. The number of hydrogen-bond donors (Lipinski definition) is 0. The van der Waals surface area contributed by atoms with Crippen LogP contribution in [-0.2, 0) is 22.6 Å². The number of likely N-dealkylation sites (N-methyl/N-ethyl adjacent to an activating group) is 2. The van der Waals surface area contributed by atoms with Gasteiger partial charge in [-0.1, -0.05) is 36.4 Å². The van der Waals surface area contributed by atoms with Crippen LogP contribution >= 0.6 is 0 Å². The number of carbonyl (C=O) groups excluding carboxylic acids is 2. The maximum absolute atomic E-state index is 13.2. The van der Waals surface area contributed by atoms with Gasteiger partial charge in [-0.05, 0) is 56.8 Å². The van der Waals surface area contributed by atoms with Gasteiger partial charge >= 0.3 is 6.01 Å². The zero-order valence-electron chi connectivity index (χ0n) is 28.6. The van der Waals surface area contributed by atoms with E-state index in [0.717, 1.165) is 49.4 Å².